The van der Waals surface area contributed by atoms with Crippen molar-refractivity contribution >= 4 is 11.9 Å². The summed E-state index contributed by atoms with van der Waals surface area (Å²) in [5, 5.41) is 0. The molecule has 0 aliphatic heterocycles. The third-order valence-corrected chi connectivity index (χ3v) is 5.56. The molecule has 0 radical (unpaired) electrons. The molecule has 0 aromatic heterocycles. The summed E-state index contributed by atoms with van der Waals surface area (Å²) in [7, 11) is 0. The highest BCUT2D eigenvalue weighted by Crippen LogP contribution is 2.26. The first kappa shape index (κ1) is 23.3. The predicted octanol–water partition coefficient (Wildman–Crippen LogP) is 6.93. The van der Waals surface area contributed by atoms with Crippen LogP contribution < -0.4 is 0 Å². The van der Waals surface area contributed by atoms with Crippen molar-refractivity contribution in [2.75, 3.05) is 0 Å². The molecule has 0 aliphatic rings. The van der Waals surface area contributed by atoms with Crippen molar-refractivity contribution in [3.05, 3.63) is 83.9 Å². The molecule has 166 valence electrons. The molecule has 2 atom stereocenters. The van der Waals surface area contributed by atoms with Gasteiger partial charge in [0.05, 0.1) is 23.3 Å². The second kappa shape index (κ2) is 10.8. The van der Waals surface area contributed by atoms with Gasteiger partial charge in [-0.2, -0.15) is 0 Å². The van der Waals surface area contributed by atoms with Crippen LogP contribution in [0, 0.1) is 0 Å². The van der Waals surface area contributed by atoms with Gasteiger partial charge in [-0.15, -0.1) is 0 Å². The molecule has 3 aromatic carbocycles. The van der Waals surface area contributed by atoms with Crippen molar-refractivity contribution in [2.24, 2.45) is 0 Å². The molecule has 0 bridgehead atoms. The highest BCUT2D eigenvalue weighted by molar-refractivity contribution is 5.91. The van der Waals surface area contributed by atoms with Gasteiger partial charge >= 0.3 is 11.9 Å². The van der Waals surface area contributed by atoms with Crippen molar-refractivity contribution in [3.63, 3.8) is 0 Å². The molecule has 0 saturated heterocycles. The molecule has 0 aliphatic carbocycles. The molecule has 0 amide bonds. The summed E-state index contributed by atoms with van der Waals surface area (Å²) in [4.78, 5) is 24.3. The largest absolute Gasteiger partial charge is 0.459 e. The van der Waals surface area contributed by atoms with E-state index in [-0.39, 0.29) is 24.1 Å². The predicted molar refractivity (Wildman–Crippen MR) is 128 cm³/mol. The summed E-state index contributed by atoms with van der Waals surface area (Å²) in [6.07, 6.45) is 1.41. The number of esters is 2. The topological polar surface area (TPSA) is 52.6 Å². The van der Waals surface area contributed by atoms with Crippen LogP contribution >= 0.6 is 0 Å². The molecule has 3 aromatic rings. The maximum Gasteiger partial charge on any atom is 0.338 e. The Balaban J connectivity index is 1.68. The molecule has 3 rings (SSSR count). The van der Waals surface area contributed by atoms with Crippen LogP contribution in [0.1, 0.15) is 61.3 Å². The number of rotatable bonds is 8. The fourth-order valence-corrected chi connectivity index (χ4v) is 3.12. The molecule has 0 heterocycles. The zero-order valence-corrected chi connectivity index (χ0v) is 19.1. The highest BCUT2D eigenvalue weighted by atomic mass is 16.5. The van der Waals surface area contributed by atoms with E-state index in [4.69, 9.17) is 9.47 Å². The van der Waals surface area contributed by atoms with Gasteiger partial charge in [-0.1, -0.05) is 62.4 Å². The third-order valence-electron chi connectivity index (χ3n) is 5.56. The van der Waals surface area contributed by atoms with Gasteiger partial charge in [0.15, 0.2) is 0 Å². The van der Waals surface area contributed by atoms with Gasteiger partial charge < -0.3 is 9.47 Å². The lowest BCUT2D eigenvalue weighted by Crippen LogP contribution is -2.13. The van der Waals surface area contributed by atoms with Crippen molar-refractivity contribution in [1.82, 2.24) is 0 Å². The molecule has 32 heavy (non-hydrogen) atoms. The van der Waals surface area contributed by atoms with Gasteiger partial charge in [0.2, 0.25) is 0 Å². The minimum Gasteiger partial charge on any atom is -0.459 e. The molecule has 4 heteroatoms. The van der Waals surface area contributed by atoms with E-state index >= 15 is 0 Å². The van der Waals surface area contributed by atoms with E-state index in [0.29, 0.717) is 11.1 Å². The van der Waals surface area contributed by atoms with E-state index in [1.165, 1.54) is 0 Å². The summed E-state index contributed by atoms with van der Waals surface area (Å²) in [6.45, 7) is 7.75. The van der Waals surface area contributed by atoms with E-state index in [9.17, 15) is 9.59 Å². The Morgan fingerprint density at radius 3 is 1.06 bits per heavy atom. The molecular weight excluding hydrogens is 400 g/mol. The van der Waals surface area contributed by atoms with Crippen LogP contribution in [0.25, 0.3) is 22.3 Å². The Labute approximate surface area is 190 Å². The minimum atomic E-state index is -0.294. The average Bonchev–Trinajstić information content (AvgIpc) is 2.84. The van der Waals surface area contributed by atoms with E-state index in [2.05, 4.69) is 0 Å². The summed E-state index contributed by atoms with van der Waals surface area (Å²) in [6, 6.07) is 23.1. The number of hydrogen-bond acceptors (Lipinski definition) is 4. The van der Waals surface area contributed by atoms with Gasteiger partial charge in [0, 0.05) is 0 Å². The van der Waals surface area contributed by atoms with E-state index < -0.39 is 0 Å². The molecule has 0 fully saturated rings. The molecule has 4 nitrogen and oxygen atoms in total. The van der Waals surface area contributed by atoms with E-state index in [0.717, 1.165) is 35.1 Å². The van der Waals surface area contributed by atoms with Crippen molar-refractivity contribution in [2.45, 2.75) is 52.7 Å². The Kier molecular flexibility index (Phi) is 7.82. The van der Waals surface area contributed by atoms with Crippen molar-refractivity contribution in [1.29, 1.82) is 0 Å². The highest BCUT2D eigenvalue weighted by Gasteiger charge is 2.12. The number of carbonyl (C=O) groups excluding carboxylic acids is 2. The van der Waals surface area contributed by atoms with Crippen molar-refractivity contribution < 1.29 is 19.1 Å². The van der Waals surface area contributed by atoms with Gasteiger partial charge in [-0.3, -0.25) is 0 Å². The van der Waals surface area contributed by atoms with Gasteiger partial charge in [-0.25, -0.2) is 9.59 Å². The normalized spacial score (nSPS) is 12.6. The molecule has 0 unspecified atom stereocenters. The molecule has 0 N–H and O–H groups in total. The lowest BCUT2D eigenvalue weighted by atomic mass is 9.99. The SMILES string of the molecule is CC[C@H](C)OC(=O)c1ccc(-c2ccc(-c3ccc(C(=O)O[C@@H](C)CC)cc3)cc2)cc1. The summed E-state index contributed by atoms with van der Waals surface area (Å²) in [5.74, 6) is -0.588. The Hall–Kier alpha value is -3.40. The number of benzene rings is 3. The van der Waals surface area contributed by atoms with Crippen LogP contribution in [-0.4, -0.2) is 24.1 Å². The lowest BCUT2D eigenvalue weighted by Gasteiger charge is -2.11. The summed E-state index contributed by atoms with van der Waals surface area (Å²) in [5.41, 5.74) is 5.28. The second-order valence-corrected chi connectivity index (χ2v) is 7.98. The first-order valence-electron chi connectivity index (χ1n) is 11.1. The monoisotopic (exact) mass is 430 g/mol. The Bertz CT molecular complexity index is 948. The standard InChI is InChI=1S/C28H30O4/c1-5-19(3)31-27(29)25-15-11-23(12-16-25)21-7-9-22(10-8-21)24-13-17-26(18-14-24)28(30)32-20(4)6-2/h7-20H,5-6H2,1-4H3/t19-,20-/m0/s1. The first-order chi connectivity index (χ1) is 15.4. The van der Waals surface area contributed by atoms with Crippen LogP contribution in [0.4, 0.5) is 0 Å². The zero-order chi connectivity index (χ0) is 23.1. The molecular formula is C28H30O4. The first-order valence-corrected chi connectivity index (χ1v) is 11.1. The van der Waals surface area contributed by atoms with Crippen LogP contribution in [0.2, 0.25) is 0 Å². The second-order valence-electron chi connectivity index (χ2n) is 7.98. The maximum atomic E-state index is 12.1. The summed E-state index contributed by atoms with van der Waals surface area (Å²) < 4.78 is 10.8. The van der Waals surface area contributed by atoms with Gasteiger partial charge in [0.25, 0.3) is 0 Å². The number of ether oxygens (including phenoxy) is 2. The smallest absolute Gasteiger partial charge is 0.338 e. The lowest BCUT2D eigenvalue weighted by molar-refractivity contribution is 0.0324. The van der Waals surface area contributed by atoms with Crippen LogP contribution in [0.5, 0.6) is 0 Å². The molecule has 0 spiro atoms. The Morgan fingerprint density at radius 2 is 0.812 bits per heavy atom. The average molecular weight is 431 g/mol. The fourth-order valence-electron chi connectivity index (χ4n) is 3.12. The van der Waals surface area contributed by atoms with Crippen LogP contribution in [0.3, 0.4) is 0 Å². The quantitative estimate of drug-likeness (QED) is 0.364. The van der Waals surface area contributed by atoms with Gasteiger partial charge in [0.1, 0.15) is 0 Å². The third kappa shape index (κ3) is 5.85. The maximum absolute atomic E-state index is 12.1. The van der Waals surface area contributed by atoms with E-state index in [1.807, 2.05) is 76.2 Å². The minimum absolute atomic E-state index is 0.0886. The summed E-state index contributed by atoms with van der Waals surface area (Å²) >= 11 is 0. The van der Waals surface area contributed by atoms with Gasteiger partial charge in [-0.05, 0) is 73.2 Å². The molecule has 0 saturated carbocycles. The number of carbonyl (C=O) groups is 2. The zero-order valence-electron chi connectivity index (χ0n) is 19.1. The Morgan fingerprint density at radius 1 is 0.562 bits per heavy atom. The van der Waals surface area contributed by atoms with E-state index in [1.54, 1.807) is 24.3 Å². The van der Waals surface area contributed by atoms with Crippen molar-refractivity contribution in [3.8, 4) is 22.3 Å². The number of hydrogen-bond donors (Lipinski definition) is 0. The van der Waals surface area contributed by atoms with Crippen LogP contribution in [0.15, 0.2) is 72.8 Å². The fraction of sp³-hybridized carbons (Fsp3) is 0.286. The van der Waals surface area contributed by atoms with Crippen LogP contribution in [-0.2, 0) is 9.47 Å².